The lowest BCUT2D eigenvalue weighted by Gasteiger charge is -2.01. The Morgan fingerprint density at radius 2 is 1.75 bits per heavy atom. The fourth-order valence-electron chi connectivity index (χ4n) is 2.98. The number of aromatic amines is 1. The van der Waals surface area contributed by atoms with E-state index >= 15 is 0 Å². The molecule has 2 aromatic carbocycles. The van der Waals surface area contributed by atoms with E-state index in [1.165, 1.54) is 6.07 Å². The van der Waals surface area contributed by atoms with Crippen LogP contribution in [0.2, 0.25) is 0 Å². The van der Waals surface area contributed by atoms with Gasteiger partial charge in [0.25, 0.3) is 0 Å². The average molecular weight is 313 g/mol. The van der Waals surface area contributed by atoms with Gasteiger partial charge in [-0.25, -0.2) is 14.5 Å². The van der Waals surface area contributed by atoms with Gasteiger partial charge in [-0.3, -0.25) is 4.79 Å². The first kappa shape index (κ1) is 13.0. The molecule has 0 saturated carbocycles. The van der Waals surface area contributed by atoms with E-state index < -0.39 is 0 Å². The van der Waals surface area contributed by atoms with Crippen molar-refractivity contribution in [3.63, 3.8) is 0 Å². The Balaban J connectivity index is 1.87. The zero-order valence-corrected chi connectivity index (χ0v) is 12.5. The number of rotatable bonds is 1. The quantitative estimate of drug-likeness (QED) is 0.516. The highest BCUT2D eigenvalue weighted by molar-refractivity contribution is 5.95. The molecule has 1 N–H and O–H groups in total. The number of fused-ring (bicyclic) bond motifs is 4. The molecule has 0 unspecified atom stereocenters. The monoisotopic (exact) mass is 313 g/mol. The summed E-state index contributed by atoms with van der Waals surface area (Å²) < 4.78 is 1.65. The van der Waals surface area contributed by atoms with Crippen molar-refractivity contribution in [2.45, 2.75) is 0 Å². The number of nitrogens with one attached hydrogen (secondary N) is 1. The summed E-state index contributed by atoms with van der Waals surface area (Å²) in [6, 6.07) is 16.9. The van der Waals surface area contributed by atoms with Crippen LogP contribution in [-0.4, -0.2) is 24.6 Å². The molecule has 0 aliphatic carbocycles. The number of H-pyrrole nitrogens is 1. The van der Waals surface area contributed by atoms with E-state index in [1.54, 1.807) is 10.8 Å². The van der Waals surface area contributed by atoms with Crippen LogP contribution in [0.3, 0.4) is 0 Å². The van der Waals surface area contributed by atoms with E-state index in [0.717, 1.165) is 27.5 Å². The van der Waals surface area contributed by atoms with Gasteiger partial charge in [0.05, 0.1) is 5.52 Å². The van der Waals surface area contributed by atoms with Crippen LogP contribution in [0.4, 0.5) is 0 Å². The maximum Gasteiger partial charge on any atom is 0.249 e. The van der Waals surface area contributed by atoms with Gasteiger partial charge < -0.3 is 4.98 Å². The summed E-state index contributed by atoms with van der Waals surface area (Å²) >= 11 is 0. The molecule has 6 nitrogen and oxygen atoms in total. The molecule has 5 rings (SSSR count). The lowest BCUT2D eigenvalue weighted by molar-refractivity contribution is 0.938. The molecule has 0 aliphatic rings. The first-order valence-electron chi connectivity index (χ1n) is 7.52. The van der Waals surface area contributed by atoms with Gasteiger partial charge in [-0.15, -0.1) is 5.10 Å². The summed E-state index contributed by atoms with van der Waals surface area (Å²) in [6.45, 7) is 0. The summed E-state index contributed by atoms with van der Waals surface area (Å²) in [4.78, 5) is 23.9. The van der Waals surface area contributed by atoms with Crippen molar-refractivity contribution in [2.75, 3.05) is 0 Å². The molecule has 6 heteroatoms. The minimum Gasteiger partial charge on any atom is -0.322 e. The van der Waals surface area contributed by atoms with Gasteiger partial charge in [0.15, 0.2) is 11.5 Å². The predicted octanol–water partition coefficient (Wildman–Crippen LogP) is 2.79. The molecular formula is C18H11N5O. The summed E-state index contributed by atoms with van der Waals surface area (Å²) in [5.74, 6) is 0.510. The molecule has 114 valence electrons. The van der Waals surface area contributed by atoms with Crippen molar-refractivity contribution in [1.82, 2.24) is 24.6 Å². The van der Waals surface area contributed by atoms with Crippen molar-refractivity contribution in [3.8, 4) is 11.4 Å². The largest absolute Gasteiger partial charge is 0.322 e. The summed E-state index contributed by atoms with van der Waals surface area (Å²) in [5, 5.41) is 6.35. The second-order valence-electron chi connectivity index (χ2n) is 5.56. The zero-order valence-electron chi connectivity index (χ0n) is 12.5. The third kappa shape index (κ3) is 1.83. The van der Waals surface area contributed by atoms with Crippen LogP contribution in [0.25, 0.3) is 38.8 Å². The maximum atomic E-state index is 12.0. The molecule has 24 heavy (non-hydrogen) atoms. The van der Waals surface area contributed by atoms with Crippen LogP contribution >= 0.6 is 0 Å². The molecule has 5 aromatic rings. The molecule has 0 aliphatic heterocycles. The maximum absolute atomic E-state index is 12.0. The highest BCUT2D eigenvalue weighted by Crippen LogP contribution is 2.25. The van der Waals surface area contributed by atoms with E-state index in [2.05, 4.69) is 20.1 Å². The SMILES string of the molecule is O=c1cc(-c2nc3c4ccccc4ncn3n2)c2ccccc2[nH]1. The van der Waals surface area contributed by atoms with Gasteiger partial charge in [-0.1, -0.05) is 30.3 Å². The molecule has 0 atom stereocenters. The molecule has 0 saturated heterocycles. The van der Waals surface area contributed by atoms with Crippen LogP contribution < -0.4 is 5.56 Å². The molecule has 0 spiro atoms. The molecule has 0 radical (unpaired) electrons. The lowest BCUT2D eigenvalue weighted by atomic mass is 10.1. The third-order valence-corrected chi connectivity index (χ3v) is 4.07. The van der Waals surface area contributed by atoms with Crippen LogP contribution in [0.5, 0.6) is 0 Å². The topological polar surface area (TPSA) is 75.9 Å². The normalized spacial score (nSPS) is 11.5. The summed E-state index contributed by atoms with van der Waals surface area (Å²) in [5.41, 5.74) is 2.88. The van der Waals surface area contributed by atoms with Gasteiger partial charge >= 0.3 is 0 Å². The first-order valence-corrected chi connectivity index (χ1v) is 7.52. The Bertz CT molecular complexity index is 1290. The molecule has 3 heterocycles. The lowest BCUT2D eigenvalue weighted by Crippen LogP contribution is -2.05. The number of hydrogen-bond donors (Lipinski definition) is 1. The number of benzene rings is 2. The van der Waals surface area contributed by atoms with E-state index in [9.17, 15) is 4.79 Å². The van der Waals surface area contributed by atoms with E-state index in [-0.39, 0.29) is 5.56 Å². The van der Waals surface area contributed by atoms with Crippen molar-refractivity contribution >= 4 is 27.5 Å². The van der Waals surface area contributed by atoms with Gasteiger partial charge in [-0.05, 0) is 18.2 Å². The van der Waals surface area contributed by atoms with E-state index in [4.69, 9.17) is 0 Å². The van der Waals surface area contributed by atoms with Crippen molar-refractivity contribution < 1.29 is 0 Å². The Morgan fingerprint density at radius 3 is 2.67 bits per heavy atom. The smallest absolute Gasteiger partial charge is 0.249 e. The Hall–Kier alpha value is -3.54. The van der Waals surface area contributed by atoms with Crippen LogP contribution in [0.15, 0.2) is 65.7 Å². The number of pyridine rings is 1. The fraction of sp³-hybridized carbons (Fsp3) is 0. The number of hydrogen-bond acceptors (Lipinski definition) is 4. The summed E-state index contributed by atoms with van der Waals surface area (Å²) in [7, 11) is 0. The Morgan fingerprint density at radius 1 is 0.958 bits per heavy atom. The Kier molecular flexibility index (Phi) is 2.55. The molecule has 0 amide bonds. The van der Waals surface area contributed by atoms with Crippen molar-refractivity contribution in [1.29, 1.82) is 0 Å². The van der Waals surface area contributed by atoms with Gasteiger partial charge in [0.2, 0.25) is 5.56 Å². The number of aromatic nitrogens is 5. The first-order chi connectivity index (χ1) is 11.8. The van der Waals surface area contributed by atoms with Crippen LogP contribution in [0, 0.1) is 0 Å². The molecule has 0 bridgehead atoms. The molecular weight excluding hydrogens is 302 g/mol. The number of para-hydroxylation sites is 2. The Labute approximate surface area is 135 Å². The van der Waals surface area contributed by atoms with Crippen molar-refractivity contribution in [2.24, 2.45) is 0 Å². The standard InChI is InChI=1S/C18H11N5O/c24-16-9-13(11-5-1-4-8-15(11)20-16)17-21-18-12-6-2-3-7-14(12)19-10-23(18)22-17/h1-10H,(H,20,24). The van der Waals surface area contributed by atoms with Gasteiger partial charge in [-0.2, -0.15) is 0 Å². The molecule has 3 aromatic heterocycles. The van der Waals surface area contributed by atoms with Crippen LogP contribution in [-0.2, 0) is 0 Å². The highest BCUT2D eigenvalue weighted by Gasteiger charge is 2.13. The predicted molar refractivity (Wildman–Crippen MR) is 91.9 cm³/mol. The van der Waals surface area contributed by atoms with Gasteiger partial charge in [0, 0.05) is 27.9 Å². The highest BCUT2D eigenvalue weighted by atomic mass is 16.1. The third-order valence-electron chi connectivity index (χ3n) is 4.07. The van der Waals surface area contributed by atoms with Crippen molar-refractivity contribution in [3.05, 3.63) is 71.3 Å². The second-order valence-corrected chi connectivity index (χ2v) is 5.56. The van der Waals surface area contributed by atoms with E-state index in [1.807, 2.05) is 48.5 Å². The van der Waals surface area contributed by atoms with Gasteiger partial charge in [0.1, 0.15) is 6.33 Å². The van der Waals surface area contributed by atoms with E-state index in [0.29, 0.717) is 11.4 Å². The minimum absolute atomic E-state index is 0.175. The summed E-state index contributed by atoms with van der Waals surface area (Å²) in [6.07, 6.45) is 1.64. The molecule has 0 fully saturated rings. The number of nitrogens with zero attached hydrogens (tertiary/aromatic N) is 4. The minimum atomic E-state index is -0.175. The zero-order chi connectivity index (χ0) is 16.1. The second kappa shape index (κ2) is 4.73. The fourth-order valence-corrected chi connectivity index (χ4v) is 2.98. The average Bonchev–Trinajstić information content (AvgIpc) is 3.05. The van der Waals surface area contributed by atoms with Crippen LogP contribution in [0.1, 0.15) is 0 Å².